The van der Waals surface area contributed by atoms with Crippen molar-refractivity contribution in [3.8, 4) is 5.75 Å². The third-order valence-corrected chi connectivity index (χ3v) is 3.29. The molecule has 0 aliphatic rings. The summed E-state index contributed by atoms with van der Waals surface area (Å²) in [5.74, 6) is -0.936. The number of anilines is 1. The lowest BCUT2D eigenvalue weighted by atomic mass is 10.0. The largest absolute Gasteiger partial charge is 0.489 e. The van der Waals surface area contributed by atoms with Crippen LogP contribution in [0.3, 0.4) is 0 Å². The molecular weight excluding hydrogens is 308 g/mol. The van der Waals surface area contributed by atoms with Crippen molar-refractivity contribution in [1.82, 2.24) is 0 Å². The van der Waals surface area contributed by atoms with Crippen LogP contribution in [0.15, 0.2) is 48.5 Å². The fraction of sp³-hybridized carbons (Fsp3) is 0.167. The number of carboxylic acid groups (broad SMARTS) is 1. The highest BCUT2D eigenvalue weighted by atomic mass is 16.5. The number of Topliss-reactive ketones (excluding diaryl/α,β-unsaturated/α-hetero) is 1. The Labute approximate surface area is 139 Å². The normalized spacial score (nSPS) is 10.0. The van der Waals surface area contributed by atoms with Crippen LogP contribution >= 0.6 is 0 Å². The zero-order valence-electron chi connectivity index (χ0n) is 13.2. The van der Waals surface area contributed by atoms with Crippen molar-refractivity contribution < 1.29 is 19.4 Å². The predicted molar refractivity (Wildman–Crippen MR) is 90.9 cm³/mol. The number of carbonyl (C=O) groups excluding carboxylic acids is 1. The molecule has 0 saturated carbocycles. The summed E-state index contributed by atoms with van der Waals surface area (Å²) in [5, 5.41) is 19.4. The average molecular weight is 326 g/mol. The molecule has 2 aromatic carbocycles. The summed E-state index contributed by atoms with van der Waals surface area (Å²) in [6.45, 7) is 1.35. The lowest BCUT2D eigenvalue weighted by Crippen LogP contribution is -2.17. The number of ether oxygens (including phenoxy) is 1. The molecule has 0 unspecified atom stereocenters. The molecule has 0 heterocycles. The Morgan fingerprint density at radius 2 is 1.88 bits per heavy atom. The molecule has 24 heavy (non-hydrogen) atoms. The summed E-state index contributed by atoms with van der Waals surface area (Å²) in [5.41, 5.74) is 1.51. The molecule has 0 bridgehead atoms. The average Bonchev–Trinajstić information content (AvgIpc) is 2.58. The quantitative estimate of drug-likeness (QED) is 0.648. The second-order valence-corrected chi connectivity index (χ2v) is 5.16. The number of carboxylic acids is 1. The van der Waals surface area contributed by atoms with Crippen LogP contribution in [0.2, 0.25) is 0 Å². The first-order valence-electron chi connectivity index (χ1n) is 7.33. The van der Waals surface area contributed by atoms with E-state index in [0.717, 1.165) is 5.56 Å². The predicted octanol–water partition coefficient (Wildman–Crippen LogP) is 2.72. The SMILES string of the molecule is CC(=O)C(=N)c1cc(OCc2ccccc2)ccc1NCC(=O)O. The zero-order valence-corrected chi connectivity index (χ0v) is 13.2. The van der Waals surface area contributed by atoms with Crippen LogP contribution < -0.4 is 10.1 Å². The maximum atomic E-state index is 11.5. The molecule has 6 heteroatoms. The van der Waals surface area contributed by atoms with Gasteiger partial charge in [-0.15, -0.1) is 0 Å². The van der Waals surface area contributed by atoms with Crippen molar-refractivity contribution in [2.75, 3.05) is 11.9 Å². The zero-order chi connectivity index (χ0) is 17.5. The highest BCUT2D eigenvalue weighted by Gasteiger charge is 2.14. The van der Waals surface area contributed by atoms with Gasteiger partial charge in [-0.25, -0.2) is 0 Å². The maximum absolute atomic E-state index is 11.5. The van der Waals surface area contributed by atoms with E-state index in [1.54, 1.807) is 18.2 Å². The number of rotatable bonds is 8. The monoisotopic (exact) mass is 326 g/mol. The number of ketones is 1. The minimum atomic E-state index is -1.03. The molecule has 0 fully saturated rings. The van der Waals surface area contributed by atoms with Gasteiger partial charge in [0.05, 0.1) is 0 Å². The second-order valence-electron chi connectivity index (χ2n) is 5.16. The summed E-state index contributed by atoms with van der Waals surface area (Å²) in [6, 6.07) is 14.4. The number of carbonyl (C=O) groups is 2. The number of hydrogen-bond acceptors (Lipinski definition) is 5. The minimum absolute atomic E-state index is 0.201. The van der Waals surface area contributed by atoms with E-state index in [1.807, 2.05) is 30.3 Å². The van der Waals surface area contributed by atoms with Crippen LogP contribution in [0, 0.1) is 5.41 Å². The molecular formula is C18H18N2O4. The molecule has 0 aromatic heterocycles. The van der Waals surface area contributed by atoms with Gasteiger partial charge >= 0.3 is 5.97 Å². The van der Waals surface area contributed by atoms with Crippen LogP contribution in [-0.4, -0.2) is 29.1 Å². The molecule has 0 aliphatic heterocycles. The van der Waals surface area contributed by atoms with Gasteiger partial charge in [0.2, 0.25) is 0 Å². The van der Waals surface area contributed by atoms with Crippen molar-refractivity contribution in [3.05, 3.63) is 59.7 Å². The van der Waals surface area contributed by atoms with Gasteiger partial charge in [0, 0.05) is 18.2 Å². The summed E-state index contributed by atoms with van der Waals surface area (Å²) >= 11 is 0. The number of benzene rings is 2. The van der Waals surface area contributed by atoms with Gasteiger partial charge in [0.15, 0.2) is 5.78 Å². The summed E-state index contributed by atoms with van der Waals surface area (Å²) in [4.78, 5) is 22.2. The summed E-state index contributed by atoms with van der Waals surface area (Å²) < 4.78 is 5.69. The van der Waals surface area contributed by atoms with E-state index in [2.05, 4.69) is 5.32 Å². The van der Waals surface area contributed by atoms with Crippen molar-refractivity contribution in [1.29, 1.82) is 5.41 Å². The molecule has 124 valence electrons. The molecule has 2 rings (SSSR count). The van der Waals surface area contributed by atoms with Crippen LogP contribution in [0.1, 0.15) is 18.1 Å². The highest BCUT2D eigenvalue weighted by Crippen LogP contribution is 2.24. The van der Waals surface area contributed by atoms with E-state index in [9.17, 15) is 9.59 Å². The van der Waals surface area contributed by atoms with Crippen molar-refractivity contribution in [3.63, 3.8) is 0 Å². The van der Waals surface area contributed by atoms with Crippen LogP contribution in [0.5, 0.6) is 5.75 Å². The Balaban J connectivity index is 2.21. The van der Waals surface area contributed by atoms with Gasteiger partial charge in [-0.2, -0.15) is 0 Å². The first kappa shape index (κ1) is 17.2. The minimum Gasteiger partial charge on any atom is -0.489 e. The Hall–Kier alpha value is -3.15. The highest BCUT2D eigenvalue weighted by molar-refractivity contribution is 6.45. The number of nitrogens with one attached hydrogen (secondary N) is 2. The molecule has 0 aliphatic carbocycles. The molecule has 2 aromatic rings. The molecule has 0 saturated heterocycles. The van der Waals surface area contributed by atoms with E-state index < -0.39 is 11.8 Å². The molecule has 3 N–H and O–H groups in total. The molecule has 0 radical (unpaired) electrons. The Kier molecular flexibility index (Phi) is 5.68. The fourth-order valence-corrected chi connectivity index (χ4v) is 2.08. The van der Waals surface area contributed by atoms with Gasteiger partial charge in [0.25, 0.3) is 0 Å². The number of hydrogen-bond donors (Lipinski definition) is 3. The molecule has 6 nitrogen and oxygen atoms in total. The second kappa shape index (κ2) is 7.92. The Bertz CT molecular complexity index is 757. The fourth-order valence-electron chi connectivity index (χ4n) is 2.08. The third kappa shape index (κ3) is 4.67. The van der Waals surface area contributed by atoms with Gasteiger partial charge < -0.3 is 15.2 Å². The maximum Gasteiger partial charge on any atom is 0.322 e. The standard InChI is InChI=1S/C18H18N2O4/c1-12(21)18(19)15-9-14(7-8-16(15)20-10-17(22)23)24-11-13-5-3-2-4-6-13/h2-9,19-20H,10-11H2,1H3,(H,22,23). The lowest BCUT2D eigenvalue weighted by Gasteiger charge is -2.13. The van der Waals surface area contributed by atoms with Crippen LogP contribution in [0.4, 0.5) is 5.69 Å². The first-order valence-corrected chi connectivity index (χ1v) is 7.33. The van der Waals surface area contributed by atoms with E-state index in [4.69, 9.17) is 15.3 Å². The van der Waals surface area contributed by atoms with Gasteiger partial charge in [-0.3, -0.25) is 15.0 Å². The van der Waals surface area contributed by atoms with E-state index >= 15 is 0 Å². The van der Waals surface area contributed by atoms with E-state index in [-0.39, 0.29) is 12.3 Å². The third-order valence-electron chi connectivity index (χ3n) is 3.29. The molecule has 0 spiro atoms. The number of aliphatic carboxylic acids is 1. The van der Waals surface area contributed by atoms with Crippen LogP contribution in [-0.2, 0) is 16.2 Å². The Morgan fingerprint density at radius 1 is 1.17 bits per heavy atom. The molecule has 0 amide bonds. The van der Waals surface area contributed by atoms with Gasteiger partial charge in [0.1, 0.15) is 24.6 Å². The molecule has 0 atom stereocenters. The van der Waals surface area contributed by atoms with Gasteiger partial charge in [-0.05, 0) is 23.8 Å². The Morgan fingerprint density at radius 3 is 2.50 bits per heavy atom. The van der Waals surface area contributed by atoms with Crippen LogP contribution in [0.25, 0.3) is 0 Å². The summed E-state index contributed by atoms with van der Waals surface area (Å²) in [6.07, 6.45) is 0. The topological polar surface area (TPSA) is 99.5 Å². The first-order chi connectivity index (χ1) is 11.5. The smallest absolute Gasteiger partial charge is 0.322 e. The van der Waals surface area contributed by atoms with Crippen molar-refractivity contribution in [2.24, 2.45) is 0 Å². The van der Waals surface area contributed by atoms with Crippen molar-refractivity contribution >= 4 is 23.2 Å². The van der Waals surface area contributed by atoms with E-state index in [0.29, 0.717) is 23.6 Å². The summed E-state index contributed by atoms with van der Waals surface area (Å²) in [7, 11) is 0. The van der Waals surface area contributed by atoms with Crippen molar-refractivity contribution in [2.45, 2.75) is 13.5 Å². The van der Waals surface area contributed by atoms with Gasteiger partial charge in [-0.1, -0.05) is 30.3 Å². The lowest BCUT2D eigenvalue weighted by molar-refractivity contribution is -0.134. The van der Waals surface area contributed by atoms with E-state index in [1.165, 1.54) is 6.92 Å².